The van der Waals surface area contributed by atoms with E-state index in [1.54, 1.807) is 0 Å². The van der Waals surface area contributed by atoms with Crippen LogP contribution in [-0.4, -0.2) is 12.6 Å². The zero-order valence-electron chi connectivity index (χ0n) is 7.89. The summed E-state index contributed by atoms with van der Waals surface area (Å²) < 4.78 is 0. The topological polar surface area (TPSA) is 12.0 Å². The van der Waals surface area contributed by atoms with Crippen molar-refractivity contribution in [2.75, 3.05) is 6.54 Å². The van der Waals surface area contributed by atoms with Gasteiger partial charge in [0.05, 0.1) is 6.54 Å². The van der Waals surface area contributed by atoms with Crippen LogP contribution in [0.3, 0.4) is 0 Å². The number of hydrogen-bond acceptors (Lipinski definition) is 1. The average Bonchev–Trinajstić information content (AvgIpc) is 2.56. The molecule has 2 rings (SSSR count). The molecule has 72 valence electrons. The number of terminal acetylenes is 1. The van der Waals surface area contributed by atoms with E-state index in [0.717, 1.165) is 17.9 Å². The minimum Gasteiger partial charge on any atom is -0.303 e. The van der Waals surface area contributed by atoms with Gasteiger partial charge >= 0.3 is 0 Å². The van der Waals surface area contributed by atoms with Gasteiger partial charge in [0, 0.05) is 11.1 Å². The SMILES string of the molecule is C#CCNC1Cc2ccc(Cl)cc2C1. The van der Waals surface area contributed by atoms with Crippen LogP contribution in [0.5, 0.6) is 0 Å². The van der Waals surface area contributed by atoms with Crippen LogP contribution >= 0.6 is 11.6 Å². The number of hydrogen-bond donors (Lipinski definition) is 1. The Bertz CT molecular complexity index is 378. The Kier molecular flexibility index (Phi) is 2.77. The molecule has 0 heterocycles. The molecule has 1 aliphatic rings. The van der Waals surface area contributed by atoms with Gasteiger partial charge in [-0.2, -0.15) is 0 Å². The molecule has 0 amide bonds. The van der Waals surface area contributed by atoms with E-state index in [1.807, 2.05) is 6.07 Å². The molecule has 0 aliphatic heterocycles. The van der Waals surface area contributed by atoms with Gasteiger partial charge in [0.2, 0.25) is 0 Å². The fraction of sp³-hybridized carbons (Fsp3) is 0.333. The number of fused-ring (bicyclic) bond motifs is 1. The fourth-order valence-electron chi connectivity index (χ4n) is 1.93. The van der Waals surface area contributed by atoms with Crippen molar-refractivity contribution in [3.05, 3.63) is 34.3 Å². The second kappa shape index (κ2) is 4.04. The first kappa shape index (κ1) is 9.58. The summed E-state index contributed by atoms with van der Waals surface area (Å²) in [6, 6.07) is 6.59. The molecule has 0 bridgehead atoms. The molecule has 1 aliphatic carbocycles. The van der Waals surface area contributed by atoms with Crippen molar-refractivity contribution in [2.24, 2.45) is 0 Å². The molecule has 1 unspecified atom stereocenters. The Labute approximate surface area is 89.5 Å². The molecule has 0 aromatic heterocycles. The lowest BCUT2D eigenvalue weighted by molar-refractivity contribution is 0.571. The molecule has 0 fully saturated rings. The molecule has 0 saturated carbocycles. The molecule has 14 heavy (non-hydrogen) atoms. The molecule has 0 saturated heterocycles. The highest BCUT2D eigenvalue weighted by Gasteiger charge is 2.20. The zero-order chi connectivity index (χ0) is 9.97. The first-order valence-corrected chi connectivity index (χ1v) is 5.11. The largest absolute Gasteiger partial charge is 0.303 e. The summed E-state index contributed by atoms with van der Waals surface area (Å²) in [5, 5.41) is 4.14. The molecule has 1 N–H and O–H groups in total. The molecule has 0 spiro atoms. The van der Waals surface area contributed by atoms with Gasteiger partial charge in [-0.15, -0.1) is 6.42 Å². The Morgan fingerprint density at radius 3 is 3.00 bits per heavy atom. The highest BCUT2D eigenvalue weighted by molar-refractivity contribution is 6.30. The van der Waals surface area contributed by atoms with E-state index in [0.29, 0.717) is 12.6 Å². The van der Waals surface area contributed by atoms with Gasteiger partial charge in [-0.3, -0.25) is 0 Å². The van der Waals surface area contributed by atoms with Crippen molar-refractivity contribution >= 4 is 11.6 Å². The van der Waals surface area contributed by atoms with Crippen LogP contribution < -0.4 is 5.32 Å². The highest BCUT2D eigenvalue weighted by Crippen LogP contribution is 2.25. The number of halogens is 1. The second-order valence-corrected chi connectivity index (χ2v) is 4.04. The Hall–Kier alpha value is -0.970. The van der Waals surface area contributed by atoms with Crippen molar-refractivity contribution < 1.29 is 0 Å². The van der Waals surface area contributed by atoms with Crippen molar-refractivity contribution in [3.63, 3.8) is 0 Å². The van der Waals surface area contributed by atoms with Crippen LogP contribution in [-0.2, 0) is 12.8 Å². The molecular formula is C12H12ClN. The average molecular weight is 206 g/mol. The number of rotatable bonds is 2. The zero-order valence-corrected chi connectivity index (χ0v) is 8.64. The lowest BCUT2D eigenvalue weighted by atomic mass is 10.1. The predicted molar refractivity (Wildman–Crippen MR) is 59.5 cm³/mol. The van der Waals surface area contributed by atoms with E-state index in [1.165, 1.54) is 11.1 Å². The van der Waals surface area contributed by atoms with E-state index in [4.69, 9.17) is 18.0 Å². The lowest BCUT2D eigenvalue weighted by Crippen LogP contribution is -2.29. The van der Waals surface area contributed by atoms with E-state index in [9.17, 15) is 0 Å². The summed E-state index contributed by atoms with van der Waals surface area (Å²) in [7, 11) is 0. The van der Waals surface area contributed by atoms with E-state index in [-0.39, 0.29) is 0 Å². The number of benzene rings is 1. The third kappa shape index (κ3) is 1.92. The Balaban J connectivity index is 2.07. The number of nitrogens with one attached hydrogen (secondary N) is 1. The van der Waals surface area contributed by atoms with Crippen LogP contribution in [0, 0.1) is 12.3 Å². The van der Waals surface area contributed by atoms with Gasteiger partial charge in [-0.05, 0) is 36.1 Å². The quantitative estimate of drug-likeness (QED) is 0.729. The normalized spacial score (nSPS) is 19.0. The van der Waals surface area contributed by atoms with E-state index >= 15 is 0 Å². The van der Waals surface area contributed by atoms with Crippen molar-refractivity contribution in [3.8, 4) is 12.3 Å². The first-order valence-electron chi connectivity index (χ1n) is 4.74. The molecule has 1 aromatic carbocycles. The fourth-order valence-corrected chi connectivity index (χ4v) is 2.13. The van der Waals surface area contributed by atoms with Gasteiger partial charge in [0.25, 0.3) is 0 Å². The van der Waals surface area contributed by atoms with Crippen LogP contribution in [0.2, 0.25) is 5.02 Å². The summed E-state index contributed by atoms with van der Waals surface area (Å²) in [6.07, 6.45) is 7.31. The van der Waals surface area contributed by atoms with Crippen LogP contribution in [0.1, 0.15) is 11.1 Å². The van der Waals surface area contributed by atoms with Gasteiger partial charge < -0.3 is 5.32 Å². The maximum absolute atomic E-state index is 5.92. The summed E-state index contributed by atoms with van der Waals surface area (Å²) in [5.74, 6) is 2.60. The van der Waals surface area contributed by atoms with Crippen LogP contribution in [0.25, 0.3) is 0 Å². The van der Waals surface area contributed by atoms with Crippen molar-refractivity contribution in [2.45, 2.75) is 18.9 Å². The van der Waals surface area contributed by atoms with Crippen LogP contribution in [0.15, 0.2) is 18.2 Å². The summed E-state index contributed by atoms with van der Waals surface area (Å²) >= 11 is 5.92. The molecule has 1 aromatic rings. The summed E-state index contributed by atoms with van der Waals surface area (Å²) in [6.45, 7) is 0.645. The van der Waals surface area contributed by atoms with Gasteiger partial charge in [0.1, 0.15) is 0 Å². The highest BCUT2D eigenvalue weighted by atomic mass is 35.5. The third-order valence-corrected chi connectivity index (χ3v) is 2.83. The second-order valence-electron chi connectivity index (χ2n) is 3.60. The molecular weight excluding hydrogens is 194 g/mol. The maximum Gasteiger partial charge on any atom is 0.0576 e. The van der Waals surface area contributed by atoms with Gasteiger partial charge in [-0.25, -0.2) is 0 Å². The third-order valence-electron chi connectivity index (χ3n) is 2.59. The van der Waals surface area contributed by atoms with Gasteiger partial charge in [-0.1, -0.05) is 23.6 Å². The van der Waals surface area contributed by atoms with Crippen molar-refractivity contribution in [1.29, 1.82) is 0 Å². The molecule has 1 atom stereocenters. The van der Waals surface area contributed by atoms with Crippen molar-refractivity contribution in [1.82, 2.24) is 5.32 Å². The predicted octanol–water partition coefficient (Wildman–Crippen LogP) is 2.03. The Morgan fingerprint density at radius 1 is 1.43 bits per heavy atom. The minimum absolute atomic E-state index is 0.486. The molecule has 2 heteroatoms. The van der Waals surface area contributed by atoms with E-state index < -0.39 is 0 Å². The Morgan fingerprint density at radius 2 is 2.21 bits per heavy atom. The molecule has 0 radical (unpaired) electrons. The first-order chi connectivity index (χ1) is 6.79. The maximum atomic E-state index is 5.92. The molecule has 1 nitrogen and oxygen atoms in total. The summed E-state index contributed by atoms with van der Waals surface area (Å²) in [5.41, 5.74) is 2.75. The smallest absolute Gasteiger partial charge is 0.0576 e. The minimum atomic E-state index is 0.486. The standard InChI is InChI=1S/C12H12ClN/c1-2-5-14-12-7-9-3-4-11(13)6-10(9)8-12/h1,3-4,6,12,14H,5,7-8H2. The monoisotopic (exact) mass is 205 g/mol. The summed E-state index contributed by atoms with van der Waals surface area (Å²) in [4.78, 5) is 0. The lowest BCUT2D eigenvalue weighted by Gasteiger charge is -2.07. The van der Waals surface area contributed by atoms with Gasteiger partial charge in [0.15, 0.2) is 0 Å². The van der Waals surface area contributed by atoms with Crippen LogP contribution in [0.4, 0.5) is 0 Å². The van der Waals surface area contributed by atoms with E-state index in [2.05, 4.69) is 23.4 Å².